The molecule has 0 radical (unpaired) electrons. The van der Waals surface area contributed by atoms with Crippen LogP contribution < -0.4 is 10.6 Å². The number of alkyl halides is 3. The van der Waals surface area contributed by atoms with Gasteiger partial charge in [-0.2, -0.15) is 0 Å². The van der Waals surface area contributed by atoms with Crippen LogP contribution in [0.25, 0.3) is 0 Å². The van der Waals surface area contributed by atoms with Crippen molar-refractivity contribution < 1.29 is 23.1 Å². The molecule has 0 aromatic rings. The van der Waals surface area contributed by atoms with Crippen molar-refractivity contribution in [3.8, 4) is 0 Å². The number of dihydropyridines is 1. The van der Waals surface area contributed by atoms with Gasteiger partial charge in [0.25, 0.3) is 0 Å². The maximum absolute atomic E-state index is 12.9. The van der Waals surface area contributed by atoms with E-state index in [-0.39, 0.29) is 18.4 Å². The van der Waals surface area contributed by atoms with Gasteiger partial charge in [-0.25, -0.2) is 8.78 Å². The summed E-state index contributed by atoms with van der Waals surface area (Å²) < 4.78 is 35.4. The van der Waals surface area contributed by atoms with Crippen LogP contribution in [0.1, 0.15) is 77.6 Å². The molecule has 39 heavy (non-hydrogen) atoms. The normalized spacial score (nSPS) is 30.5. The number of unbranched alkanes of at least 4 members (excludes halogenated alkanes) is 1. The van der Waals surface area contributed by atoms with Crippen molar-refractivity contribution in [3.63, 3.8) is 0 Å². The van der Waals surface area contributed by atoms with Gasteiger partial charge in [-0.3, -0.25) is 14.2 Å². The predicted octanol–water partition coefficient (Wildman–Crippen LogP) is 6.36. The van der Waals surface area contributed by atoms with Crippen LogP contribution >= 0.6 is 0 Å². The molecule has 4 rings (SSSR count). The van der Waals surface area contributed by atoms with Crippen molar-refractivity contribution in [2.24, 2.45) is 40.5 Å². The molecule has 2 fully saturated rings. The summed E-state index contributed by atoms with van der Waals surface area (Å²) in [5, 5.41) is 16.0. The molecule has 0 spiro atoms. The maximum Gasteiger partial charge on any atom is 0.245 e. The molecular weight excluding hydrogens is 503 g/mol. The number of nitrogens with one attached hydrogen (secondary N) is 2. The van der Waals surface area contributed by atoms with Crippen molar-refractivity contribution in [2.45, 2.75) is 90.2 Å². The van der Waals surface area contributed by atoms with Gasteiger partial charge in [-0.15, -0.1) is 0 Å². The molecule has 0 aromatic heterocycles. The molecule has 2 saturated carbocycles. The number of amides is 1. The zero-order valence-electron chi connectivity index (χ0n) is 23.6. The molecule has 4 unspecified atom stereocenters. The lowest BCUT2D eigenvalue weighted by molar-refractivity contribution is -0.123. The van der Waals surface area contributed by atoms with E-state index in [1.807, 2.05) is 6.21 Å². The molecule has 3 N–H and O–H groups in total. The van der Waals surface area contributed by atoms with Gasteiger partial charge >= 0.3 is 0 Å². The number of nitrogens with zero attached hydrogens (tertiary/aromatic N) is 1. The second-order valence-corrected chi connectivity index (χ2v) is 11.5. The number of halogens is 3. The number of aliphatic hydroxyl groups excluding tert-OH is 1. The largest absolute Gasteiger partial charge is 0.372 e. The summed E-state index contributed by atoms with van der Waals surface area (Å²) >= 11 is 0. The van der Waals surface area contributed by atoms with E-state index in [4.69, 9.17) is 0 Å². The van der Waals surface area contributed by atoms with Gasteiger partial charge in [-0.1, -0.05) is 50.3 Å². The van der Waals surface area contributed by atoms with Gasteiger partial charge in [0, 0.05) is 30.3 Å². The lowest BCUT2D eigenvalue weighted by atomic mass is 9.76. The van der Waals surface area contributed by atoms with E-state index < -0.39 is 18.6 Å². The number of carbonyl (C=O) groups excluding carboxylic acids is 1. The fraction of sp³-hybridized carbons (Fsp3) is 0.742. The first kappa shape index (κ1) is 31.4. The number of allylic oxidation sites excluding steroid dienone is 4. The number of carbonyl (C=O) groups is 1. The fourth-order valence-corrected chi connectivity index (χ4v) is 6.80. The van der Waals surface area contributed by atoms with Gasteiger partial charge < -0.3 is 15.7 Å². The highest BCUT2D eigenvalue weighted by molar-refractivity contribution is 5.82. The van der Waals surface area contributed by atoms with Crippen molar-refractivity contribution in [1.29, 1.82) is 0 Å². The summed E-state index contributed by atoms with van der Waals surface area (Å²) in [6.45, 7) is 3.17. The van der Waals surface area contributed by atoms with Crippen LogP contribution in [-0.4, -0.2) is 50.1 Å². The molecular formula is C31H48F3N3O2. The first-order chi connectivity index (χ1) is 19.0. The lowest BCUT2D eigenvalue weighted by Gasteiger charge is -2.30. The summed E-state index contributed by atoms with van der Waals surface area (Å²) in [6.07, 6.45) is 18.3. The van der Waals surface area contributed by atoms with Gasteiger partial charge in [0.15, 0.2) is 0 Å². The van der Waals surface area contributed by atoms with E-state index >= 15 is 0 Å². The molecule has 1 heterocycles. The van der Waals surface area contributed by atoms with Crippen molar-refractivity contribution >= 4 is 12.1 Å². The molecule has 0 bridgehead atoms. The minimum Gasteiger partial charge on any atom is -0.372 e. The summed E-state index contributed by atoms with van der Waals surface area (Å²) in [5.74, 6) is 1.72. The summed E-state index contributed by atoms with van der Waals surface area (Å²) in [7, 11) is 0.500. The monoisotopic (exact) mass is 551 g/mol. The van der Waals surface area contributed by atoms with E-state index in [1.54, 1.807) is 17.7 Å². The third kappa shape index (κ3) is 9.51. The topological polar surface area (TPSA) is 73.7 Å². The van der Waals surface area contributed by atoms with Crippen LogP contribution in [-0.2, 0) is 4.79 Å². The summed E-state index contributed by atoms with van der Waals surface area (Å²) in [6, 6.07) is 0. The number of hydrogen-bond acceptors (Lipinski definition) is 4. The average molecular weight is 552 g/mol. The Morgan fingerprint density at radius 1 is 1.13 bits per heavy atom. The van der Waals surface area contributed by atoms with Crippen LogP contribution in [0, 0.1) is 35.5 Å². The number of hydrogen-bond donors (Lipinski definition) is 3. The van der Waals surface area contributed by atoms with E-state index in [2.05, 4.69) is 28.6 Å². The minimum absolute atomic E-state index is 0.0108. The molecule has 0 saturated heterocycles. The third-order valence-corrected chi connectivity index (χ3v) is 9.03. The van der Waals surface area contributed by atoms with Gasteiger partial charge in [0.1, 0.15) is 6.23 Å². The van der Waals surface area contributed by atoms with Gasteiger partial charge in [0.2, 0.25) is 12.3 Å². The molecule has 0 aromatic carbocycles. The molecule has 220 valence electrons. The van der Waals surface area contributed by atoms with E-state index in [0.29, 0.717) is 31.1 Å². The van der Waals surface area contributed by atoms with Crippen LogP contribution in [0.4, 0.5) is 13.2 Å². The number of aliphatic hydroxyl groups is 1. The second kappa shape index (κ2) is 16.2. The molecule has 5 nitrogen and oxygen atoms in total. The van der Waals surface area contributed by atoms with E-state index in [0.717, 1.165) is 37.6 Å². The first-order valence-electron chi connectivity index (χ1n) is 14.9. The van der Waals surface area contributed by atoms with Crippen LogP contribution in [0.2, 0.25) is 0 Å². The van der Waals surface area contributed by atoms with E-state index in [1.165, 1.54) is 51.0 Å². The molecule has 4 aliphatic rings. The summed E-state index contributed by atoms with van der Waals surface area (Å²) in [4.78, 5) is 17.1. The standard InChI is InChI=1S/C30H45F2N3O2.CH3F/c1-2-25-26(9-4-3-6-20-10-12-21(13-11-20)22-14-16-33-17-15-22)28(25)30(37)34-19-27(36)35-24-8-5-7-23(18-24)29(31)32;1-2/h5,8,14,16,18,20-21,23,25-29,35-36H,2-4,6-7,9-13,15,17,19H2,1H3,(H,34,37);1H3/t20?,21?,23?,25?,26?,27?,28-;/m1./s1. The Balaban J connectivity index is 0.00000205. The zero-order chi connectivity index (χ0) is 28.2. The van der Waals surface area contributed by atoms with Crippen LogP contribution in [0.3, 0.4) is 0 Å². The highest BCUT2D eigenvalue weighted by Crippen LogP contribution is 2.51. The zero-order valence-corrected chi connectivity index (χ0v) is 23.6. The van der Waals surface area contributed by atoms with E-state index in [9.17, 15) is 23.1 Å². The van der Waals surface area contributed by atoms with Crippen molar-refractivity contribution in [2.75, 3.05) is 20.3 Å². The van der Waals surface area contributed by atoms with Crippen LogP contribution in [0.15, 0.2) is 40.6 Å². The highest BCUT2D eigenvalue weighted by Gasteiger charge is 2.52. The summed E-state index contributed by atoms with van der Waals surface area (Å²) in [5.41, 5.74) is 2.09. The first-order valence-corrected chi connectivity index (χ1v) is 14.9. The van der Waals surface area contributed by atoms with Crippen molar-refractivity contribution in [3.05, 3.63) is 35.6 Å². The van der Waals surface area contributed by atoms with Gasteiger partial charge in [-0.05, 0) is 80.8 Å². The Bertz CT molecular complexity index is 880. The Morgan fingerprint density at radius 3 is 2.54 bits per heavy atom. The Labute approximate surface area is 232 Å². The quantitative estimate of drug-likeness (QED) is 0.184. The number of aliphatic imine (C=N–C) groups is 1. The van der Waals surface area contributed by atoms with Gasteiger partial charge in [0.05, 0.1) is 13.7 Å². The SMILES string of the molecule is CCC1C(CCCCC2CCC(C3=CC=NCC3)CC2)[C@@H]1C(=O)NCC(O)NC1=CC(C(F)F)CC=C1.CF. The second-order valence-electron chi connectivity index (χ2n) is 11.5. The highest BCUT2D eigenvalue weighted by atomic mass is 19.3. The maximum atomic E-state index is 12.9. The van der Waals surface area contributed by atoms with Crippen molar-refractivity contribution in [1.82, 2.24) is 10.6 Å². The average Bonchev–Trinajstić information content (AvgIpc) is 3.69. The Kier molecular flexibility index (Phi) is 13.1. The predicted molar refractivity (Wildman–Crippen MR) is 151 cm³/mol. The molecule has 8 heteroatoms. The minimum atomic E-state index is -2.42. The lowest BCUT2D eigenvalue weighted by Crippen LogP contribution is -2.41. The Morgan fingerprint density at radius 2 is 1.87 bits per heavy atom. The Hall–Kier alpha value is -2.09. The van der Waals surface area contributed by atoms with Crippen LogP contribution in [0.5, 0.6) is 0 Å². The molecule has 3 aliphatic carbocycles. The molecule has 1 aliphatic heterocycles. The smallest absolute Gasteiger partial charge is 0.245 e. The number of rotatable bonds is 13. The molecule has 5 atom stereocenters. The molecule has 1 amide bonds. The fourth-order valence-electron chi connectivity index (χ4n) is 6.80. The third-order valence-electron chi connectivity index (χ3n) is 9.03.